The third kappa shape index (κ3) is 12.3. The van der Waals surface area contributed by atoms with Crippen LogP contribution in [0.25, 0.3) is 11.1 Å². The number of carbonyl (C=O) groups excluding carboxylic acids is 3. The van der Waals surface area contributed by atoms with Crippen LogP contribution < -0.4 is 0 Å². The number of hydrogen-bond acceptors (Lipinski definition) is 7. The fourth-order valence-electron chi connectivity index (χ4n) is 15.1. The Labute approximate surface area is 514 Å². The van der Waals surface area contributed by atoms with Crippen molar-refractivity contribution in [1.82, 2.24) is 14.7 Å². The summed E-state index contributed by atoms with van der Waals surface area (Å²) in [4.78, 5) is 53.2. The maximum absolute atomic E-state index is 16.0. The van der Waals surface area contributed by atoms with Gasteiger partial charge in [-0.3, -0.25) is 29.1 Å². The van der Waals surface area contributed by atoms with Gasteiger partial charge in [0.2, 0.25) is 0 Å². The molecular formula is C79H91N3O4. The molecule has 8 aromatic rings. The maximum atomic E-state index is 16.0. The molecule has 1 N–H and O–H groups in total. The minimum Gasteiger partial charge on any atom is -0.386 e. The fourth-order valence-corrected chi connectivity index (χ4v) is 15.1. The molecule has 0 heterocycles. The van der Waals surface area contributed by atoms with Crippen LogP contribution in [-0.2, 0) is 37.5 Å². The molecule has 0 saturated carbocycles. The van der Waals surface area contributed by atoms with Crippen LogP contribution in [0.3, 0.4) is 0 Å². The number of carbonyl (C=O) groups is 3. The number of rotatable bonds is 30. The van der Waals surface area contributed by atoms with E-state index in [0.717, 1.165) is 82.7 Å². The van der Waals surface area contributed by atoms with E-state index in [-0.39, 0.29) is 17.3 Å². The number of aliphatic hydroxyl groups is 1. The molecule has 1 aliphatic rings. The van der Waals surface area contributed by atoms with E-state index >= 15 is 9.59 Å². The van der Waals surface area contributed by atoms with Gasteiger partial charge in [-0.1, -0.05) is 256 Å². The van der Waals surface area contributed by atoms with Crippen LogP contribution in [0.5, 0.6) is 0 Å². The monoisotopic (exact) mass is 1150 g/mol. The second-order valence-electron chi connectivity index (χ2n) is 23.9. The third-order valence-corrected chi connectivity index (χ3v) is 19.7. The van der Waals surface area contributed by atoms with Crippen LogP contribution in [0.2, 0.25) is 0 Å². The lowest BCUT2D eigenvalue weighted by molar-refractivity contribution is -0.0340. The minimum absolute atomic E-state index is 0.0607. The maximum Gasteiger partial charge on any atom is 0.193 e. The third-order valence-electron chi connectivity index (χ3n) is 19.7. The first kappa shape index (κ1) is 63.1. The molecule has 5 unspecified atom stereocenters. The molecule has 86 heavy (non-hydrogen) atoms. The Kier molecular flexibility index (Phi) is 20.5. The summed E-state index contributed by atoms with van der Waals surface area (Å²) in [5.41, 5.74) is 10.1. The number of hydrogen-bond donors (Lipinski definition) is 1. The van der Waals surface area contributed by atoms with E-state index in [9.17, 15) is 9.90 Å². The number of likely N-dealkylation sites (N-methyl/N-ethyl adjacent to an activating group) is 3. The lowest BCUT2D eigenvalue weighted by Gasteiger charge is -2.46. The Bertz CT molecular complexity index is 3520. The molecule has 7 heteroatoms. The smallest absolute Gasteiger partial charge is 0.193 e. The molecule has 0 radical (unpaired) electrons. The lowest BCUT2D eigenvalue weighted by atomic mass is 9.68. The van der Waals surface area contributed by atoms with Crippen molar-refractivity contribution in [3.8, 4) is 11.1 Å². The van der Waals surface area contributed by atoms with Crippen LogP contribution in [0.1, 0.15) is 169 Å². The van der Waals surface area contributed by atoms with Gasteiger partial charge in [0.25, 0.3) is 0 Å². The lowest BCUT2D eigenvalue weighted by Crippen LogP contribution is -2.56. The number of aliphatic hydroxyl groups excluding tert-OH is 1. The van der Waals surface area contributed by atoms with E-state index in [2.05, 4.69) is 210 Å². The van der Waals surface area contributed by atoms with Gasteiger partial charge in [0.1, 0.15) is 0 Å². The number of Topliss-reactive ketones (excluding diaryl/α,β-unsaturated/α-hetero) is 2. The highest BCUT2D eigenvalue weighted by Crippen LogP contribution is 2.54. The molecule has 0 fully saturated rings. The van der Waals surface area contributed by atoms with Gasteiger partial charge < -0.3 is 5.11 Å². The van der Waals surface area contributed by atoms with Crippen molar-refractivity contribution in [2.45, 2.75) is 142 Å². The first-order valence-electron chi connectivity index (χ1n) is 32.0. The molecule has 7 nitrogen and oxygen atoms in total. The summed E-state index contributed by atoms with van der Waals surface area (Å²) in [5, 5.41) is 12.8. The summed E-state index contributed by atoms with van der Waals surface area (Å²) in [7, 11) is 0. The number of ketones is 3. The van der Waals surface area contributed by atoms with Gasteiger partial charge in [0, 0.05) is 27.7 Å². The standard InChI is InChI=1S/C79H91N3O4/c1-10-77(80(13-4)14-5,55-58-31-23-19-24-32-58)73(84)64-43-39-61(40-44-64)53-76(54-62-41-45-65(46-42-62)74(85)78(11-2,81(15-6)16-7)56-59-33-25-20-26-34-59)70-51-66(72(83)63-37-29-22-30-38-63)47-49-68(70)69-50-48-67(52-71(69)76)75(86)79(12-3,82(17-8)18-9)57-60-35-27-21-28-36-60/h19-52,73,84H,10-18,53-57H2,1-9H3. The molecule has 0 amide bonds. The Hall–Kier alpha value is -7.39. The van der Waals surface area contributed by atoms with Crippen LogP contribution in [0.15, 0.2) is 206 Å². The van der Waals surface area contributed by atoms with Crippen molar-refractivity contribution < 1.29 is 19.5 Å². The number of fused-ring (bicyclic) bond motifs is 3. The first-order chi connectivity index (χ1) is 41.8. The predicted octanol–water partition coefficient (Wildman–Crippen LogP) is 16.3. The highest BCUT2D eigenvalue weighted by molar-refractivity contribution is 6.10. The minimum atomic E-state index is -0.827. The molecule has 5 atom stereocenters. The topological polar surface area (TPSA) is 81.2 Å². The molecule has 0 bridgehead atoms. The highest BCUT2D eigenvalue weighted by Gasteiger charge is 2.48. The van der Waals surface area contributed by atoms with Crippen molar-refractivity contribution in [1.29, 1.82) is 0 Å². The second-order valence-corrected chi connectivity index (χ2v) is 23.9. The summed E-state index contributed by atoms with van der Waals surface area (Å²) in [6.45, 7) is 23.9. The molecule has 0 spiro atoms. The zero-order valence-corrected chi connectivity index (χ0v) is 52.6. The van der Waals surface area contributed by atoms with E-state index < -0.39 is 28.1 Å². The van der Waals surface area contributed by atoms with Crippen molar-refractivity contribution in [3.63, 3.8) is 0 Å². The number of benzene rings is 8. The normalized spacial score (nSPS) is 16.2. The van der Waals surface area contributed by atoms with Gasteiger partial charge in [-0.15, -0.1) is 0 Å². The summed E-state index contributed by atoms with van der Waals surface area (Å²) in [5.74, 6) is 0.141. The Balaban J connectivity index is 1.23. The first-order valence-corrected chi connectivity index (χ1v) is 32.0. The van der Waals surface area contributed by atoms with E-state index in [1.165, 1.54) is 5.56 Å². The molecule has 9 rings (SSSR count). The molecule has 0 aromatic heterocycles. The van der Waals surface area contributed by atoms with E-state index in [4.69, 9.17) is 0 Å². The summed E-state index contributed by atoms with van der Waals surface area (Å²) in [6, 6.07) is 70.3. The predicted molar refractivity (Wildman–Crippen MR) is 355 cm³/mol. The largest absolute Gasteiger partial charge is 0.386 e. The van der Waals surface area contributed by atoms with Gasteiger partial charge in [-0.05, 0) is 158 Å². The van der Waals surface area contributed by atoms with Crippen molar-refractivity contribution in [3.05, 3.63) is 273 Å². The van der Waals surface area contributed by atoms with Crippen LogP contribution in [0, 0.1) is 0 Å². The molecule has 446 valence electrons. The summed E-state index contributed by atoms with van der Waals surface area (Å²) >= 11 is 0. The van der Waals surface area contributed by atoms with Gasteiger partial charge in [0.15, 0.2) is 17.3 Å². The molecule has 1 aliphatic carbocycles. The highest BCUT2D eigenvalue weighted by atomic mass is 16.3. The van der Waals surface area contributed by atoms with Gasteiger partial charge in [0.05, 0.1) is 22.7 Å². The van der Waals surface area contributed by atoms with Gasteiger partial charge in [-0.2, -0.15) is 0 Å². The fraction of sp³-hybridized carbons (Fsp3) is 0.354. The zero-order valence-electron chi connectivity index (χ0n) is 52.6. The zero-order chi connectivity index (χ0) is 61.1. The summed E-state index contributed by atoms with van der Waals surface area (Å²) in [6.07, 6.45) is 4.13. The number of nitrogens with zero attached hydrogens (tertiary/aromatic N) is 3. The molecule has 8 aromatic carbocycles. The van der Waals surface area contributed by atoms with Crippen LogP contribution in [-0.4, -0.2) is 93.0 Å². The van der Waals surface area contributed by atoms with Crippen molar-refractivity contribution in [2.75, 3.05) is 39.3 Å². The van der Waals surface area contributed by atoms with Crippen LogP contribution in [0.4, 0.5) is 0 Å². The quantitative estimate of drug-likeness (QED) is 0.0449. The summed E-state index contributed by atoms with van der Waals surface area (Å²) < 4.78 is 0. The van der Waals surface area contributed by atoms with E-state index in [1.807, 2.05) is 72.8 Å². The Morgan fingerprint density at radius 3 is 1.17 bits per heavy atom. The molecule has 0 saturated heterocycles. The van der Waals surface area contributed by atoms with Crippen LogP contribution >= 0.6 is 0 Å². The Morgan fingerprint density at radius 1 is 0.384 bits per heavy atom. The van der Waals surface area contributed by atoms with E-state index in [1.54, 1.807) is 0 Å². The Morgan fingerprint density at radius 2 is 0.756 bits per heavy atom. The van der Waals surface area contributed by atoms with E-state index in [0.29, 0.717) is 80.3 Å². The molecule has 0 aliphatic heterocycles. The van der Waals surface area contributed by atoms with Gasteiger partial charge in [-0.25, -0.2) is 0 Å². The molecular weight excluding hydrogens is 1050 g/mol. The van der Waals surface area contributed by atoms with Crippen molar-refractivity contribution in [2.24, 2.45) is 0 Å². The van der Waals surface area contributed by atoms with Crippen molar-refractivity contribution >= 4 is 17.3 Å². The van der Waals surface area contributed by atoms with Gasteiger partial charge >= 0.3 is 0 Å². The average Bonchev–Trinajstić information content (AvgIpc) is 1.57. The second kappa shape index (κ2) is 28.0. The SMILES string of the molecule is CCN(CC)C(CC)(Cc1ccccc1)C(=O)c1ccc(CC2(Cc3ccc(C(O)C(CC)(Cc4ccccc4)N(CC)CC)cc3)c3cc(C(=O)c4ccccc4)ccc3-c3ccc(C(=O)C(CC)(Cc4ccccc4)N(CC)CC)cc32)cc1. The average molecular weight is 1150 g/mol.